The van der Waals surface area contributed by atoms with Crippen molar-refractivity contribution >= 4 is 40.0 Å². The number of hydrogen-bond donors (Lipinski definition) is 1. The van der Waals surface area contributed by atoms with Crippen LogP contribution in [0.5, 0.6) is 0 Å². The van der Waals surface area contributed by atoms with E-state index in [9.17, 15) is 0 Å². The second-order valence-electron chi connectivity index (χ2n) is 4.17. The summed E-state index contributed by atoms with van der Waals surface area (Å²) in [5, 5.41) is 4.05. The van der Waals surface area contributed by atoms with E-state index in [0.717, 1.165) is 28.9 Å². The van der Waals surface area contributed by atoms with Gasteiger partial charge < -0.3 is 9.73 Å². The van der Waals surface area contributed by atoms with Crippen molar-refractivity contribution in [3.63, 3.8) is 0 Å². The number of benzene rings is 1. The van der Waals surface area contributed by atoms with Gasteiger partial charge in [-0.25, -0.2) is 0 Å². The first-order valence-electron chi connectivity index (χ1n) is 6.00. The summed E-state index contributed by atoms with van der Waals surface area (Å²) in [6.07, 6.45) is 2.56. The second kappa shape index (κ2) is 5.19. The minimum Gasteiger partial charge on any atom is -0.467 e. The van der Waals surface area contributed by atoms with E-state index in [1.54, 1.807) is 6.26 Å². The van der Waals surface area contributed by atoms with E-state index in [2.05, 4.69) is 21.0 Å². The van der Waals surface area contributed by atoms with E-state index in [1.807, 2.05) is 24.3 Å². The van der Waals surface area contributed by atoms with Crippen LogP contribution in [0.1, 0.15) is 25.1 Å². The van der Waals surface area contributed by atoms with Crippen LogP contribution >= 0.6 is 23.3 Å². The number of fused-ring (bicyclic) bond motifs is 1. The number of rotatable bonds is 4. The highest BCUT2D eigenvalue weighted by molar-refractivity contribution is 7.00. The zero-order chi connectivity index (χ0) is 13.2. The molecule has 0 saturated heterocycles. The third-order valence-corrected chi connectivity index (χ3v) is 3.85. The Morgan fingerprint density at radius 3 is 3.00 bits per heavy atom. The molecule has 19 heavy (non-hydrogen) atoms. The van der Waals surface area contributed by atoms with E-state index in [1.165, 1.54) is 11.7 Å². The number of halogens is 1. The van der Waals surface area contributed by atoms with E-state index in [0.29, 0.717) is 5.02 Å². The molecule has 1 atom stereocenters. The molecular formula is C13H12ClN3OS. The molecule has 0 saturated carbocycles. The van der Waals surface area contributed by atoms with Gasteiger partial charge in [-0.3, -0.25) is 0 Å². The predicted molar refractivity (Wildman–Crippen MR) is 77.8 cm³/mol. The monoisotopic (exact) mass is 293 g/mol. The van der Waals surface area contributed by atoms with Crippen molar-refractivity contribution in [3.05, 3.63) is 41.3 Å². The molecule has 4 nitrogen and oxygen atoms in total. The van der Waals surface area contributed by atoms with Gasteiger partial charge in [0.05, 0.1) is 34.7 Å². The van der Waals surface area contributed by atoms with Crippen molar-refractivity contribution in [2.24, 2.45) is 0 Å². The Kier molecular flexibility index (Phi) is 3.40. The third-order valence-electron chi connectivity index (χ3n) is 2.99. The molecule has 0 aliphatic rings. The highest BCUT2D eigenvalue weighted by Gasteiger charge is 2.16. The second-order valence-corrected chi connectivity index (χ2v) is 5.11. The molecule has 6 heteroatoms. The Labute approximate surface area is 119 Å². The SMILES string of the molecule is CCC(Nc1c(Cl)ccc2nsnc12)c1ccco1. The fourth-order valence-corrected chi connectivity index (χ4v) is 2.75. The number of aromatic nitrogens is 2. The highest BCUT2D eigenvalue weighted by Crippen LogP contribution is 2.33. The molecule has 0 amide bonds. The molecule has 1 N–H and O–H groups in total. The van der Waals surface area contributed by atoms with Gasteiger partial charge in [0.2, 0.25) is 0 Å². The van der Waals surface area contributed by atoms with Crippen LogP contribution in [-0.4, -0.2) is 8.75 Å². The molecule has 0 radical (unpaired) electrons. The van der Waals surface area contributed by atoms with Gasteiger partial charge in [0.25, 0.3) is 0 Å². The Bertz CT molecular complexity index is 680. The van der Waals surface area contributed by atoms with Crippen molar-refractivity contribution < 1.29 is 4.42 Å². The number of nitrogens with one attached hydrogen (secondary N) is 1. The molecule has 2 aromatic heterocycles. The summed E-state index contributed by atoms with van der Waals surface area (Å²) < 4.78 is 14.0. The fraction of sp³-hybridized carbons (Fsp3) is 0.231. The summed E-state index contributed by atoms with van der Waals surface area (Å²) in [7, 11) is 0. The summed E-state index contributed by atoms with van der Waals surface area (Å²) in [6, 6.07) is 7.61. The van der Waals surface area contributed by atoms with Crippen LogP contribution in [0.25, 0.3) is 11.0 Å². The molecule has 0 aliphatic carbocycles. The number of anilines is 1. The quantitative estimate of drug-likeness (QED) is 0.769. The lowest BCUT2D eigenvalue weighted by Gasteiger charge is -2.17. The normalized spacial score (nSPS) is 12.7. The maximum atomic E-state index is 6.27. The van der Waals surface area contributed by atoms with E-state index in [-0.39, 0.29) is 6.04 Å². The Balaban J connectivity index is 2.00. The van der Waals surface area contributed by atoms with Crippen molar-refractivity contribution in [2.45, 2.75) is 19.4 Å². The first-order valence-corrected chi connectivity index (χ1v) is 7.11. The van der Waals surface area contributed by atoms with Crippen molar-refractivity contribution in [1.29, 1.82) is 0 Å². The van der Waals surface area contributed by atoms with E-state index >= 15 is 0 Å². The Hall–Kier alpha value is -1.59. The van der Waals surface area contributed by atoms with Gasteiger partial charge >= 0.3 is 0 Å². The van der Waals surface area contributed by atoms with E-state index in [4.69, 9.17) is 16.0 Å². The van der Waals surface area contributed by atoms with Crippen LogP contribution in [-0.2, 0) is 0 Å². The van der Waals surface area contributed by atoms with Crippen molar-refractivity contribution in [1.82, 2.24) is 8.75 Å². The summed E-state index contributed by atoms with van der Waals surface area (Å²) in [5.74, 6) is 0.888. The molecule has 98 valence electrons. The number of nitrogens with zero attached hydrogens (tertiary/aromatic N) is 2. The Morgan fingerprint density at radius 1 is 1.37 bits per heavy atom. The lowest BCUT2D eigenvalue weighted by Crippen LogP contribution is -2.09. The topological polar surface area (TPSA) is 51.0 Å². The number of furan rings is 1. The first kappa shape index (κ1) is 12.4. The van der Waals surface area contributed by atoms with Gasteiger partial charge in [-0.1, -0.05) is 18.5 Å². The summed E-state index contributed by atoms with van der Waals surface area (Å²) in [6.45, 7) is 2.09. The Morgan fingerprint density at radius 2 is 2.26 bits per heavy atom. The van der Waals surface area contributed by atoms with Crippen LogP contribution < -0.4 is 5.32 Å². The van der Waals surface area contributed by atoms with Crippen LogP contribution in [0.2, 0.25) is 5.02 Å². The fourth-order valence-electron chi connectivity index (χ4n) is 2.00. The summed E-state index contributed by atoms with van der Waals surface area (Å²) >= 11 is 7.45. The van der Waals surface area contributed by atoms with Gasteiger partial charge in [0, 0.05) is 0 Å². The van der Waals surface area contributed by atoms with Crippen LogP contribution in [0.3, 0.4) is 0 Å². The van der Waals surface area contributed by atoms with Crippen molar-refractivity contribution in [2.75, 3.05) is 5.32 Å². The van der Waals surface area contributed by atoms with Gasteiger partial charge in [-0.15, -0.1) is 0 Å². The zero-order valence-corrected chi connectivity index (χ0v) is 11.8. The predicted octanol–water partition coefficient (Wildman–Crippen LogP) is 4.50. The molecular weight excluding hydrogens is 282 g/mol. The van der Waals surface area contributed by atoms with Crippen LogP contribution in [0.15, 0.2) is 34.9 Å². The molecule has 1 unspecified atom stereocenters. The van der Waals surface area contributed by atoms with E-state index < -0.39 is 0 Å². The lowest BCUT2D eigenvalue weighted by molar-refractivity contribution is 0.474. The molecule has 3 aromatic rings. The highest BCUT2D eigenvalue weighted by atomic mass is 35.5. The maximum Gasteiger partial charge on any atom is 0.129 e. The minimum absolute atomic E-state index is 0.0693. The zero-order valence-electron chi connectivity index (χ0n) is 10.3. The molecule has 2 heterocycles. The lowest BCUT2D eigenvalue weighted by atomic mass is 10.1. The van der Waals surface area contributed by atoms with Crippen molar-refractivity contribution in [3.8, 4) is 0 Å². The largest absolute Gasteiger partial charge is 0.467 e. The molecule has 1 aromatic carbocycles. The van der Waals surface area contributed by atoms with Gasteiger partial charge in [0.15, 0.2) is 0 Å². The van der Waals surface area contributed by atoms with Crippen LogP contribution in [0, 0.1) is 0 Å². The maximum absolute atomic E-state index is 6.27. The first-order chi connectivity index (χ1) is 9.29. The average molecular weight is 294 g/mol. The summed E-state index contributed by atoms with van der Waals surface area (Å²) in [5.41, 5.74) is 2.48. The smallest absolute Gasteiger partial charge is 0.129 e. The number of hydrogen-bond acceptors (Lipinski definition) is 5. The van der Waals surface area contributed by atoms with Gasteiger partial charge in [-0.2, -0.15) is 8.75 Å². The average Bonchev–Trinajstić information content (AvgIpc) is 3.08. The van der Waals surface area contributed by atoms with Gasteiger partial charge in [0.1, 0.15) is 16.8 Å². The molecule has 0 fully saturated rings. The van der Waals surface area contributed by atoms with Crippen LogP contribution in [0.4, 0.5) is 5.69 Å². The molecule has 0 aliphatic heterocycles. The summed E-state index contributed by atoms with van der Waals surface area (Å²) in [4.78, 5) is 0. The molecule has 0 spiro atoms. The molecule has 0 bridgehead atoms. The standard InChI is InChI=1S/C13H12ClN3OS/c1-2-9(11-4-3-7-18-11)15-12-8(14)5-6-10-13(12)17-19-16-10/h3-7,9,15H,2H2,1H3. The third kappa shape index (κ3) is 2.31. The molecule has 3 rings (SSSR count). The van der Waals surface area contributed by atoms with Gasteiger partial charge in [-0.05, 0) is 30.7 Å². The minimum atomic E-state index is 0.0693.